The van der Waals surface area contributed by atoms with Gasteiger partial charge in [-0.3, -0.25) is 0 Å². The van der Waals surface area contributed by atoms with Gasteiger partial charge in [0.15, 0.2) is 0 Å². The first-order chi connectivity index (χ1) is 7.09. The van der Waals surface area contributed by atoms with Crippen LogP contribution >= 0.6 is 15.9 Å². The maximum Gasteiger partial charge on any atom is 0.0817 e. The van der Waals surface area contributed by atoms with Crippen molar-refractivity contribution in [1.82, 2.24) is 0 Å². The molecule has 0 aliphatic carbocycles. The molecule has 80 valence electrons. The van der Waals surface area contributed by atoms with Gasteiger partial charge in [-0.2, -0.15) is 5.26 Å². The molecule has 0 fully saturated rings. The van der Waals surface area contributed by atoms with E-state index in [9.17, 15) is 5.26 Å². The van der Waals surface area contributed by atoms with Crippen LogP contribution in [-0.2, 0) is 5.41 Å². The van der Waals surface area contributed by atoms with E-state index in [1.54, 1.807) is 0 Å². The summed E-state index contributed by atoms with van der Waals surface area (Å²) in [6.07, 6.45) is 1.72. The van der Waals surface area contributed by atoms with Crippen LogP contribution < -0.4 is 0 Å². The van der Waals surface area contributed by atoms with Gasteiger partial charge in [-0.25, -0.2) is 0 Å². The highest BCUT2D eigenvalue weighted by Gasteiger charge is 2.28. The zero-order valence-corrected chi connectivity index (χ0v) is 11.1. The molecule has 0 aliphatic heterocycles. The summed E-state index contributed by atoms with van der Waals surface area (Å²) in [5.74, 6) is 0. The van der Waals surface area contributed by atoms with E-state index in [1.807, 2.05) is 12.1 Å². The molecule has 0 N–H and O–H groups in total. The Morgan fingerprint density at radius 2 is 1.93 bits per heavy atom. The van der Waals surface area contributed by atoms with Crippen molar-refractivity contribution >= 4 is 15.9 Å². The standard InChI is InChI=1S/C13H16BrN/c1-4-13(5-2,9-15)11-6-7-12(14)10(3)8-11/h6-8H,4-5H2,1-3H3. The van der Waals surface area contributed by atoms with E-state index in [-0.39, 0.29) is 5.41 Å². The summed E-state index contributed by atoms with van der Waals surface area (Å²) in [5.41, 5.74) is 2.01. The molecule has 0 radical (unpaired) electrons. The van der Waals surface area contributed by atoms with Crippen molar-refractivity contribution in [1.29, 1.82) is 5.26 Å². The summed E-state index contributed by atoms with van der Waals surface area (Å²) < 4.78 is 1.10. The van der Waals surface area contributed by atoms with Crippen molar-refractivity contribution in [3.63, 3.8) is 0 Å². The largest absolute Gasteiger partial charge is 0.197 e. The molecule has 0 spiro atoms. The van der Waals surface area contributed by atoms with E-state index in [4.69, 9.17) is 0 Å². The second-order valence-corrected chi connectivity index (χ2v) is 4.72. The van der Waals surface area contributed by atoms with Gasteiger partial charge in [0.05, 0.1) is 11.5 Å². The Hall–Kier alpha value is -0.810. The molecule has 0 unspecified atom stereocenters. The van der Waals surface area contributed by atoms with Crippen LogP contribution in [0, 0.1) is 18.3 Å². The first-order valence-corrected chi connectivity index (χ1v) is 6.06. The van der Waals surface area contributed by atoms with Crippen molar-refractivity contribution in [3.8, 4) is 6.07 Å². The van der Waals surface area contributed by atoms with Crippen molar-refractivity contribution in [2.75, 3.05) is 0 Å². The molecule has 0 amide bonds. The highest BCUT2D eigenvalue weighted by atomic mass is 79.9. The summed E-state index contributed by atoms with van der Waals surface area (Å²) in [6, 6.07) is 8.65. The van der Waals surface area contributed by atoms with Crippen LogP contribution in [0.3, 0.4) is 0 Å². The van der Waals surface area contributed by atoms with Crippen LogP contribution in [0.2, 0.25) is 0 Å². The van der Waals surface area contributed by atoms with Gasteiger partial charge in [0, 0.05) is 4.47 Å². The van der Waals surface area contributed by atoms with Crippen LogP contribution in [-0.4, -0.2) is 0 Å². The van der Waals surface area contributed by atoms with Gasteiger partial charge in [0.2, 0.25) is 0 Å². The maximum atomic E-state index is 9.33. The fourth-order valence-electron chi connectivity index (χ4n) is 1.82. The number of nitriles is 1. The van der Waals surface area contributed by atoms with Crippen molar-refractivity contribution in [2.24, 2.45) is 0 Å². The number of benzene rings is 1. The molecule has 1 nitrogen and oxygen atoms in total. The minimum atomic E-state index is -0.314. The van der Waals surface area contributed by atoms with Crippen molar-refractivity contribution in [3.05, 3.63) is 33.8 Å². The number of rotatable bonds is 3. The average Bonchev–Trinajstić information content (AvgIpc) is 2.26. The van der Waals surface area contributed by atoms with Gasteiger partial charge in [-0.05, 0) is 37.0 Å². The summed E-state index contributed by atoms with van der Waals surface area (Å²) in [7, 11) is 0. The molecule has 15 heavy (non-hydrogen) atoms. The zero-order valence-electron chi connectivity index (χ0n) is 9.47. The van der Waals surface area contributed by atoms with Crippen LogP contribution in [0.15, 0.2) is 22.7 Å². The topological polar surface area (TPSA) is 23.8 Å². The predicted octanol–water partition coefficient (Wildman–Crippen LogP) is 4.34. The smallest absolute Gasteiger partial charge is 0.0817 e. The van der Waals surface area contributed by atoms with Crippen LogP contribution in [0.1, 0.15) is 37.8 Å². The molecule has 0 aromatic heterocycles. The second kappa shape index (κ2) is 4.81. The fourth-order valence-corrected chi connectivity index (χ4v) is 2.07. The van der Waals surface area contributed by atoms with E-state index in [0.717, 1.165) is 22.9 Å². The lowest BCUT2D eigenvalue weighted by Crippen LogP contribution is -2.21. The highest BCUT2D eigenvalue weighted by Crippen LogP contribution is 2.32. The highest BCUT2D eigenvalue weighted by molar-refractivity contribution is 9.10. The van der Waals surface area contributed by atoms with Gasteiger partial charge < -0.3 is 0 Å². The lowest BCUT2D eigenvalue weighted by molar-refractivity contribution is 0.510. The first kappa shape index (κ1) is 12.3. The van der Waals surface area contributed by atoms with Crippen LogP contribution in [0.25, 0.3) is 0 Å². The Bertz CT molecular complexity index is 386. The molecular formula is C13H16BrN. The predicted molar refractivity (Wildman–Crippen MR) is 66.8 cm³/mol. The van der Waals surface area contributed by atoms with E-state index in [0.29, 0.717) is 0 Å². The van der Waals surface area contributed by atoms with Gasteiger partial charge in [0.1, 0.15) is 0 Å². The molecular weight excluding hydrogens is 250 g/mol. The van der Waals surface area contributed by atoms with Gasteiger partial charge >= 0.3 is 0 Å². The van der Waals surface area contributed by atoms with Crippen molar-refractivity contribution in [2.45, 2.75) is 39.0 Å². The zero-order chi connectivity index (χ0) is 11.5. The molecule has 1 aromatic carbocycles. The summed E-state index contributed by atoms with van der Waals surface area (Å²) >= 11 is 3.48. The first-order valence-electron chi connectivity index (χ1n) is 5.27. The molecule has 2 heteroatoms. The molecule has 0 saturated heterocycles. The minimum Gasteiger partial charge on any atom is -0.197 e. The maximum absolute atomic E-state index is 9.33. The number of halogens is 1. The van der Waals surface area contributed by atoms with Crippen molar-refractivity contribution < 1.29 is 0 Å². The minimum absolute atomic E-state index is 0.314. The Kier molecular flexibility index (Phi) is 3.93. The normalized spacial score (nSPS) is 11.1. The molecule has 0 atom stereocenters. The average molecular weight is 266 g/mol. The van der Waals surface area contributed by atoms with Crippen LogP contribution in [0.5, 0.6) is 0 Å². The Labute approximate surface area is 100 Å². The SMILES string of the molecule is CCC(C#N)(CC)c1ccc(Br)c(C)c1. The van der Waals surface area contributed by atoms with E-state index >= 15 is 0 Å². The lowest BCUT2D eigenvalue weighted by Gasteiger charge is -2.24. The molecule has 1 aromatic rings. The quantitative estimate of drug-likeness (QED) is 0.798. The monoisotopic (exact) mass is 265 g/mol. The van der Waals surface area contributed by atoms with Gasteiger partial charge in [0.25, 0.3) is 0 Å². The molecule has 0 saturated carbocycles. The summed E-state index contributed by atoms with van der Waals surface area (Å²) in [4.78, 5) is 0. The second-order valence-electron chi connectivity index (χ2n) is 3.86. The molecule has 1 rings (SSSR count). The van der Waals surface area contributed by atoms with E-state index in [2.05, 4.69) is 48.8 Å². The molecule has 0 heterocycles. The van der Waals surface area contributed by atoms with E-state index in [1.165, 1.54) is 5.56 Å². The Morgan fingerprint density at radius 3 is 2.33 bits per heavy atom. The Morgan fingerprint density at radius 1 is 1.33 bits per heavy atom. The molecule has 0 bridgehead atoms. The van der Waals surface area contributed by atoms with Gasteiger partial charge in [-0.15, -0.1) is 0 Å². The lowest BCUT2D eigenvalue weighted by atomic mass is 9.77. The van der Waals surface area contributed by atoms with E-state index < -0.39 is 0 Å². The number of hydrogen-bond acceptors (Lipinski definition) is 1. The Balaban J connectivity index is 3.25. The third kappa shape index (κ3) is 2.23. The number of nitrogens with zero attached hydrogens (tertiary/aromatic N) is 1. The summed E-state index contributed by atoms with van der Waals surface area (Å²) in [6.45, 7) is 6.20. The number of aryl methyl sites for hydroxylation is 1. The van der Waals surface area contributed by atoms with Crippen LogP contribution in [0.4, 0.5) is 0 Å². The number of hydrogen-bond donors (Lipinski definition) is 0. The van der Waals surface area contributed by atoms with Gasteiger partial charge in [-0.1, -0.05) is 41.9 Å². The summed E-state index contributed by atoms with van der Waals surface area (Å²) in [5, 5.41) is 9.33. The molecule has 0 aliphatic rings. The fraction of sp³-hybridized carbons (Fsp3) is 0.462. The third-order valence-corrected chi connectivity index (χ3v) is 4.02. The third-order valence-electron chi connectivity index (χ3n) is 3.13.